The van der Waals surface area contributed by atoms with Gasteiger partial charge >= 0.3 is 0 Å². The number of para-hydroxylation sites is 1. The van der Waals surface area contributed by atoms with Crippen LogP contribution in [0.3, 0.4) is 0 Å². The third-order valence-electron chi connectivity index (χ3n) is 4.78. The molecule has 34 heavy (non-hydrogen) atoms. The summed E-state index contributed by atoms with van der Waals surface area (Å²) in [4.78, 5) is 37.3. The number of hydrogen-bond donors (Lipinski definition) is 3. The second-order valence-corrected chi connectivity index (χ2v) is 8.15. The number of anilines is 1. The van der Waals surface area contributed by atoms with E-state index in [2.05, 4.69) is 31.9 Å². The molecule has 0 bridgehead atoms. The van der Waals surface area contributed by atoms with Crippen LogP contribution >= 0.6 is 15.9 Å². The number of hydrogen-bond acceptors (Lipinski definition) is 4. The predicted molar refractivity (Wildman–Crippen MR) is 135 cm³/mol. The average Bonchev–Trinajstić information content (AvgIpc) is 2.83. The molecule has 0 fully saturated rings. The van der Waals surface area contributed by atoms with Crippen LogP contribution in [-0.4, -0.2) is 24.8 Å². The van der Waals surface area contributed by atoms with Crippen molar-refractivity contribution in [1.29, 1.82) is 0 Å². The van der Waals surface area contributed by atoms with E-state index in [9.17, 15) is 14.4 Å². The molecular weight excluding hydrogens is 498 g/mol. The lowest BCUT2D eigenvalue weighted by Gasteiger charge is -2.14. The number of rotatable bonds is 8. The van der Waals surface area contributed by atoms with E-state index in [0.29, 0.717) is 27.0 Å². The Morgan fingerprint density at radius 3 is 2.35 bits per heavy atom. The molecule has 3 amide bonds. The highest BCUT2D eigenvalue weighted by molar-refractivity contribution is 9.10. The first-order valence-electron chi connectivity index (χ1n) is 10.4. The van der Waals surface area contributed by atoms with Crippen LogP contribution in [0, 0.1) is 0 Å². The van der Waals surface area contributed by atoms with Crippen molar-refractivity contribution in [2.75, 3.05) is 12.4 Å². The van der Waals surface area contributed by atoms with Crippen molar-refractivity contribution in [1.82, 2.24) is 10.6 Å². The molecule has 0 spiro atoms. The largest absolute Gasteiger partial charge is 0.496 e. The maximum Gasteiger partial charge on any atom is 0.268 e. The summed E-state index contributed by atoms with van der Waals surface area (Å²) in [5.41, 5.74) is 2.51. The molecule has 0 saturated heterocycles. The first-order chi connectivity index (χ1) is 16.4. The van der Waals surface area contributed by atoms with Gasteiger partial charge in [0.25, 0.3) is 11.8 Å². The molecule has 8 heteroatoms. The van der Waals surface area contributed by atoms with Crippen LogP contribution in [0.2, 0.25) is 0 Å². The minimum absolute atomic E-state index is 0.0722. The van der Waals surface area contributed by atoms with E-state index in [1.165, 1.54) is 6.92 Å². The summed E-state index contributed by atoms with van der Waals surface area (Å²) in [7, 11) is 1.56. The highest BCUT2D eigenvalue weighted by Crippen LogP contribution is 2.26. The van der Waals surface area contributed by atoms with Crippen LogP contribution in [-0.2, 0) is 16.1 Å². The third kappa shape index (κ3) is 6.79. The minimum atomic E-state index is -0.478. The summed E-state index contributed by atoms with van der Waals surface area (Å²) in [5.74, 6) is -0.451. The number of benzene rings is 3. The standard InChI is InChI=1S/C26H24BrN3O4/c1-17(31)29-22-11-7-6-10-20(22)16-28-26(33)23(30-25(32)19-8-4-3-5-9-19)15-18-12-13-24(34-2)21(27)14-18/h3-15H,16H2,1-2H3,(H,28,33)(H,29,31)(H,30,32)/b23-15-. The smallest absolute Gasteiger partial charge is 0.268 e. The Hall–Kier alpha value is -3.91. The first kappa shape index (κ1) is 24.7. The van der Waals surface area contributed by atoms with Gasteiger partial charge in [0.1, 0.15) is 11.4 Å². The lowest BCUT2D eigenvalue weighted by atomic mass is 10.1. The van der Waals surface area contributed by atoms with Gasteiger partial charge in [-0.1, -0.05) is 42.5 Å². The van der Waals surface area contributed by atoms with Crippen molar-refractivity contribution in [3.63, 3.8) is 0 Å². The van der Waals surface area contributed by atoms with Gasteiger partial charge < -0.3 is 20.7 Å². The molecule has 3 aromatic carbocycles. The highest BCUT2D eigenvalue weighted by atomic mass is 79.9. The van der Waals surface area contributed by atoms with Crippen LogP contribution < -0.4 is 20.7 Å². The van der Waals surface area contributed by atoms with Crippen molar-refractivity contribution in [2.24, 2.45) is 0 Å². The van der Waals surface area contributed by atoms with Crippen LogP contribution in [0.5, 0.6) is 5.75 Å². The molecular formula is C26H24BrN3O4. The number of amides is 3. The molecule has 0 heterocycles. The Kier molecular flexibility index (Phi) is 8.59. The van der Waals surface area contributed by atoms with E-state index in [1.807, 2.05) is 12.1 Å². The summed E-state index contributed by atoms with van der Waals surface area (Å²) in [6.07, 6.45) is 1.58. The number of ether oxygens (including phenoxy) is 1. The van der Waals surface area contributed by atoms with Gasteiger partial charge in [-0.05, 0) is 63.5 Å². The Labute approximate surface area is 206 Å². The van der Waals surface area contributed by atoms with Crippen LogP contribution in [0.25, 0.3) is 6.08 Å². The molecule has 7 nitrogen and oxygen atoms in total. The van der Waals surface area contributed by atoms with E-state index >= 15 is 0 Å². The Morgan fingerprint density at radius 2 is 1.68 bits per heavy atom. The van der Waals surface area contributed by atoms with Crippen molar-refractivity contribution in [2.45, 2.75) is 13.5 Å². The SMILES string of the molecule is COc1ccc(/C=C(\NC(=O)c2ccccc2)C(=O)NCc2ccccc2NC(C)=O)cc1Br. The maximum absolute atomic E-state index is 13.1. The van der Waals surface area contributed by atoms with E-state index < -0.39 is 11.8 Å². The second kappa shape index (κ2) is 11.8. The molecule has 0 aromatic heterocycles. The highest BCUT2D eigenvalue weighted by Gasteiger charge is 2.16. The molecule has 0 atom stereocenters. The monoisotopic (exact) mass is 521 g/mol. The number of carbonyl (C=O) groups excluding carboxylic acids is 3. The Morgan fingerprint density at radius 1 is 0.971 bits per heavy atom. The Balaban J connectivity index is 1.85. The van der Waals surface area contributed by atoms with Gasteiger partial charge in [-0.15, -0.1) is 0 Å². The molecule has 3 aromatic rings. The summed E-state index contributed by atoms with van der Waals surface area (Å²) < 4.78 is 5.96. The quantitative estimate of drug-likeness (QED) is 0.380. The zero-order valence-electron chi connectivity index (χ0n) is 18.7. The number of methoxy groups -OCH3 is 1. The summed E-state index contributed by atoms with van der Waals surface area (Å²) in [6, 6.07) is 21.1. The second-order valence-electron chi connectivity index (χ2n) is 7.29. The van der Waals surface area contributed by atoms with Crippen LogP contribution in [0.15, 0.2) is 83.0 Å². The zero-order valence-corrected chi connectivity index (χ0v) is 20.3. The van der Waals surface area contributed by atoms with Gasteiger partial charge in [-0.2, -0.15) is 0 Å². The van der Waals surface area contributed by atoms with Crippen LogP contribution in [0.1, 0.15) is 28.4 Å². The number of nitrogens with one attached hydrogen (secondary N) is 3. The molecule has 0 aliphatic carbocycles. The maximum atomic E-state index is 13.1. The van der Waals surface area contributed by atoms with Gasteiger partial charge in [-0.3, -0.25) is 14.4 Å². The van der Waals surface area contributed by atoms with Crippen molar-refractivity contribution in [3.05, 3.63) is 99.7 Å². The number of carbonyl (C=O) groups is 3. The predicted octanol–water partition coefficient (Wildman–Crippen LogP) is 4.50. The molecule has 3 N–H and O–H groups in total. The summed E-state index contributed by atoms with van der Waals surface area (Å²) >= 11 is 3.43. The van der Waals surface area contributed by atoms with Crippen molar-refractivity contribution >= 4 is 45.4 Å². The molecule has 0 saturated carbocycles. The lowest BCUT2D eigenvalue weighted by molar-refractivity contribution is -0.118. The van der Waals surface area contributed by atoms with E-state index in [-0.39, 0.29) is 18.1 Å². The topological polar surface area (TPSA) is 96.5 Å². The molecule has 0 unspecified atom stereocenters. The van der Waals surface area contributed by atoms with E-state index in [1.54, 1.807) is 73.8 Å². The van der Waals surface area contributed by atoms with Crippen LogP contribution in [0.4, 0.5) is 5.69 Å². The van der Waals surface area contributed by atoms with Crippen molar-refractivity contribution in [3.8, 4) is 5.75 Å². The van der Waals surface area contributed by atoms with Crippen molar-refractivity contribution < 1.29 is 19.1 Å². The van der Waals surface area contributed by atoms with Gasteiger partial charge in [0.2, 0.25) is 5.91 Å². The molecule has 0 aliphatic rings. The zero-order chi connectivity index (χ0) is 24.5. The third-order valence-corrected chi connectivity index (χ3v) is 5.40. The lowest BCUT2D eigenvalue weighted by Crippen LogP contribution is -2.34. The molecule has 3 rings (SSSR count). The minimum Gasteiger partial charge on any atom is -0.496 e. The van der Waals surface area contributed by atoms with Gasteiger partial charge in [0, 0.05) is 24.7 Å². The van der Waals surface area contributed by atoms with Gasteiger partial charge in [0.05, 0.1) is 11.6 Å². The average molecular weight is 522 g/mol. The van der Waals surface area contributed by atoms with E-state index in [0.717, 1.165) is 5.56 Å². The summed E-state index contributed by atoms with van der Waals surface area (Å²) in [6.45, 7) is 1.57. The molecule has 0 radical (unpaired) electrons. The fourth-order valence-electron chi connectivity index (χ4n) is 3.14. The molecule has 0 aliphatic heterocycles. The Bertz CT molecular complexity index is 1230. The summed E-state index contributed by atoms with van der Waals surface area (Å²) in [5, 5.41) is 8.27. The van der Waals surface area contributed by atoms with Gasteiger partial charge in [-0.25, -0.2) is 0 Å². The van der Waals surface area contributed by atoms with E-state index in [4.69, 9.17) is 4.74 Å². The fourth-order valence-corrected chi connectivity index (χ4v) is 3.70. The molecule has 174 valence electrons. The number of halogens is 1. The van der Waals surface area contributed by atoms with Gasteiger partial charge in [0.15, 0.2) is 0 Å². The fraction of sp³-hybridized carbons (Fsp3) is 0.115. The normalized spacial score (nSPS) is 10.9. The first-order valence-corrected chi connectivity index (χ1v) is 11.2.